The van der Waals surface area contributed by atoms with Crippen LogP contribution in [0.3, 0.4) is 0 Å². The molecule has 124 valence electrons. The summed E-state index contributed by atoms with van der Waals surface area (Å²) in [6.07, 6.45) is 0. The Morgan fingerprint density at radius 1 is 1.08 bits per heavy atom. The van der Waals surface area contributed by atoms with Crippen LogP contribution in [0.15, 0.2) is 53.7 Å². The predicted octanol–water partition coefficient (Wildman–Crippen LogP) is 3.98. The fourth-order valence-corrected chi connectivity index (χ4v) is 3.27. The molecule has 0 spiro atoms. The molecule has 4 nitrogen and oxygen atoms in total. The number of thioether (sulfide) groups is 1. The van der Waals surface area contributed by atoms with Gasteiger partial charge in [-0.25, -0.2) is 4.39 Å². The zero-order chi connectivity index (χ0) is 17.1. The molecule has 0 amide bonds. The van der Waals surface area contributed by atoms with Crippen molar-refractivity contribution < 1.29 is 4.39 Å². The Morgan fingerprint density at radius 2 is 1.88 bits per heavy atom. The monoisotopic (exact) mass is 342 g/mol. The summed E-state index contributed by atoms with van der Waals surface area (Å²) in [5.74, 6) is 1.14. The second-order valence-corrected chi connectivity index (χ2v) is 6.63. The lowest BCUT2D eigenvalue weighted by molar-refractivity contribution is 0.617. The van der Waals surface area contributed by atoms with Crippen molar-refractivity contribution in [3.63, 3.8) is 0 Å². The van der Waals surface area contributed by atoms with Gasteiger partial charge in [0.15, 0.2) is 11.0 Å². The summed E-state index contributed by atoms with van der Waals surface area (Å²) in [5.41, 5.74) is 2.78. The second-order valence-electron chi connectivity index (χ2n) is 5.69. The highest BCUT2D eigenvalue weighted by atomic mass is 32.2. The molecule has 0 bridgehead atoms. The largest absolute Gasteiger partial charge is 0.378 e. The molecule has 3 rings (SSSR count). The van der Waals surface area contributed by atoms with Crippen LogP contribution < -0.4 is 4.90 Å². The highest BCUT2D eigenvalue weighted by Crippen LogP contribution is 2.27. The molecule has 0 aliphatic carbocycles. The minimum Gasteiger partial charge on any atom is -0.378 e. The van der Waals surface area contributed by atoms with E-state index in [0.717, 1.165) is 22.2 Å². The van der Waals surface area contributed by atoms with E-state index in [1.54, 1.807) is 12.1 Å². The van der Waals surface area contributed by atoms with E-state index >= 15 is 0 Å². The van der Waals surface area contributed by atoms with E-state index in [2.05, 4.69) is 16.3 Å². The normalized spacial score (nSPS) is 10.8. The fraction of sp³-hybridized carbons (Fsp3) is 0.222. The van der Waals surface area contributed by atoms with E-state index in [9.17, 15) is 4.39 Å². The molecular formula is C18H19FN4S. The molecule has 0 saturated carbocycles. The summed E-state index contributed by atoms with van der Waals surface area (Å²) >= 11 is 1.48. The van der Waals surface area contributed by atoms with Gasteiger partial charge in [0.2, 0.25) is 0 Å². The average molecular weight is 342 g/mol. The molecule has 0 radical (unpaired) electrons. The highest BCUT2D eigenvalue weighted by molar-refractivity contribution is 7.98. The lowest BCUT2D eigenvalue weighted by Crippen LogP contribution is -2.08. The van der Waals surface area contributed by atoms with Gasteiger partial charge < -0.3 is 9.47 Å². The first-order valence-electron chi connectivity index (χ1n) is 7.59. The minimum atomic E-state index is -0.189. The second kappa shape index (κ2) is 7.05. The number of benzene rings is 2. The van der Waals surface area contributed by atoms with Crippen molar-refractivity contribution in [1.82, 2.24) is 14.8 Å². The molecule has 0 aliphatic rings. The molecule has 0 unspecified atom stereocenters. The first-order valence-corrected chi connectivity index (χ1v) is 8.58. The van der Waals surface area contributed by atoms with Gasteiger partial charge in [-0.2, -0.15) is 0 Å². The van der Waals surface area contributed by atoms with E-state index in [4.69, 9.17) is 0 Å². The van der Waals surface area contributed by atoms with Gasteiger partial charge >= 0.3 is 0 Å². The lowest BCUT2D eigenvalue weighted by atomic mass is 10.2. The zero-order valence-electron chi connectivity index (χ0n) is 13.9. The van der Waals surface area contributed by atoms with Crippen LogP contribution in [-0.4, -0.2) is 28.9 Å². The van der Waals surface area contributed by atoms with Crippen LogP contribution in [0.4, 0.5) is 10.1 Å². The van der Waals surface area contributed by atoms with E-state index < -0.39 is 0 Å². The summed E-state index contributed by atoms with van der Waals surface area (Å²) in [4.78, 5) is 2.05. The Labute approximate surface area is 145 Å². The van der Waals surface area contributed by atoms with E-state index in [1.807, 2.05) is 54.9 Å². The number of halogens is 1. The fourth-order valence-electron chi connectivity index (χ4n) is 2.37. The maximum atomic E-state index is 13.7. The van der Waals surface area contributed by atoms with Gasteiger partial charge in [0.1, 0.15) is 5.82 Å². The Kier molecular flexibility index (Phi) is 4.85. The first kappa shape index (κ1) is 16.5. The summed E-state index contributed by atoms with van der Waals surface area (Å²) in [5, 5.41) is 9.32. The smallest absolute Gasteiger partial charge is 0.191 e. The van der Waals surface area contributed by atoms with Crippen LogP contribution >= 0.6 is 11.8 Å². The number of anilines is 1. The van der Waals surface area contributed by atoms with Gasteiger partial charge in [-0.3, -0.25) is 0 Å². The molecule has 6 heteroatoms. The quantitative estimate of drug-likeness (QED) is 0.657. The van der Waals surface area contributed by atoms with Gasteiger partial charge in [0.05, 0.1) is 0 Å². The summed E-state index contributed by atoms with van der Waals surface area (Å²) in [6, 6.07) is 15.0. The van der Waals surface area contributed by atoms with Crippen molar-refractivity contribution in [3.05, 3.63) is 59.9 Å². The Balaban J connectivity index is 1.81. The maximum Gasteiger partial charge on any atom is 0.191 e. The van der Waals surface area contributed by atoms with Crippen LogP contribution in [0.25, 0.3) is 11.4 Å². The molecule has 0 atom stereocenters. The van der Waals surface area contributed by atoms with Gasteiger partial charge in [-0.05, 0) is 23.8 Å². The van der Waals surface area contributed by atoms with Gasteiger partial charge in [0, 0.05) is 38.1 Å². The van der Waals surface area contributed by atoms with Gasteiger partial charge in [-0.15, -0.1) is 10.2 Å². The van der Waals surface area contributed by atoms with Crippen LogP contribution in [-0.2, 0) is 12.8 Å². The molecule has 0 fully saturated rings. The SMILES string of the molecule is CN(C)c1cccc(-c2nnc(SCc3ccccc3F)n2C)c1. The van der Waals surface area contributed by atoms with Crippen LogP contribution in [0.5, 0.6) is 0 Å². The number of hydrogen-bond donors (Lipinski definition) is 0. The van der Waals surface area contributed by atoms with Crippen molar-refractivity contribution >= 4 is 17.4 Å². The van der Waals surface area contributed by atoms with Crippen molar-refractivity contribution in [2.45, 2.75) is 10.9 Å². The molecule has 3 aromatic rings. The third-order valence-electron chi connectivity index (χ3n) is 3.77. The van der Waals surface area contributed by atoms with Gasteiger partial charge in [0.25, 0.3) is 0 Å². The van der Waals surface area contributed by atoms with Crippen molar-refractivity contribution in [2.75, 3.05) is 19.0 Å². The minimum absolute atomic E-state index is 0.189. The number of hydrogen-bond acceptors (Lipinski definition) is 4. The predicted molar refractivity (Wildman–Crippen MR) is 96.7 cm³/mol. The molecule has 1 heterocycles. The van der Waals surface area contributed by atoms with Crippen LogP contribution in [0.1, 0.15) is 5.56 Å². The number of aromatic nitrogens is 3. The molecule has 2 aromatic carbocycles. The maximum absolute atomic E-state index is 13.7. The third kappa shape index (κ3) is 3.43. The topological polar surface area (TPSA) is 34.0 Å². The van der Waals surface area contributed by atoms with Gasteiger partial charge in [-0.1, -0.05) is 42.1 Å². The van der Waals surface area contributed by atoms with Crippen molar-refractivity contribution in [3.8, 4) is 11.4 Å². The summed E-state index contributed by atoms with van der Waals surface area (Å²) in [7, 11) is 5.94. The third-order valence-corrected chi connectivity index (χ3v) is 4.84. The molecule has 0 N–H and O–H groups in total. The Bertz CT molecular complexity index is 845. The number of nitrogens with zero attached hydrogens (tertiary/aromatic N) is 4. The molecule has 0 saturated heterocycles. The molecule has 1 aromatic heterocycles. The van der Waals surface area contributed by atoms with Crippen LogP contribution in [0, 0.1) is 5.82 Å². The molecule has 0 aliphatic heterocycles. The summed E-state index contributed by atoms with van der Waals surface area (Å²) < 4.78 is 15.7. The average Bonchev–Trinajstić information content (AvgIpc) is 2.95. The Morgan fingerprint density at radius 3 is 2.62 bits per heavy atom. The standard InChI is InChI=1S/C18H19FN4S/c1-22(2)15-9-6-8-13(11-15)17-20-21-18(23(17)3)24-12-14-7-4-5-10-16(14)19/h4-11H,12H2,1-3H3. The molecule has 24 heavy (non-hydrogen) atoms. The zero-order valence-corrected chi connectivity index (χ0v) is 14.7. The molecular weight excluding hydrogens is 323 g/mol. The van der Waals surface area contributed by atoms with Crippen molar-refractivity contribution in [1.29, 1.82) is 0 Å². The first-order chi connectivity index (χ1) is 11.6. The van der Waals surface area contributed by atoms with E-state index in [0.29, 0.717) is 11.3 Å². The van der Waals surface area contributed by atoms with E-state index in [1.165, 1.54) is 17.8 Å². The summed E-state index contributed by atoms with van der Waals surface area (Å²) in [6.45, 7) is 0. The number of rotatable bonds is 5. The van der Waals surface area contributed by atoms with E-state index in [-0.39, 0.29) is 5.82 Å². The highest BCUT2D eigenvalue weighted by Gasteiger charge is 2.13. The Hall–Kier alpha value is -2.34. The lowest BCUT2D eigenvalue weighted by Gasteiger charge is -2.13. The van der Waals surface area contributed by atoms with Crippen LogP contribution in [0.2, 0.25) is 0 Å². The van der Waals surface area contributed by atoms with Crippen molar-refractivity contribution in [2.24, 2.45) is 7.05 Å².